The van der Waals surface area contributed by atoms with Crippen molar-refractivity contribution in [2.24, 2.45) is 17.8 Å². The Morgan fingerprint density at radius 1 is 1.33 bits per heavy atom. The van der Waals surface area contributed by atoms with Crippen LogP contribution in [-0.2, 0) is 22.4 Å². The molecule has 0 radical (unpaired) electrons. The number of amides is 1. The van der Waals surface area contributed by atoms with Crippen LogP contribution >= 0.6 is 11.3 Å². The Kier molecular flexibility index (Phi) is 4.72. The summed E-state index contributed by atoms with van der Waals surface area (Å²) in [7, 11) is 0. The molecule has 1 amide bonds. The van der Waals surface area contributed by atoms with Gasteiger partial charge in [-0.25, -0.2) is 0 Å². The second-order valence-corrected chi connectivity index (χ2v) is 7.76. The van der Waals surface area contributed by atoms with Crippen molar-refractivity contribution in [2.75, 3.05) is 5.32 Å². The van der Waals surface area contributed by atoms with Crippen LogP contribution in [0.3, 0.4) is 0 Å². The molecule has 0 spiro atoms. The summed E-state index contributed by atoms with van der Waals surface area (Å²) in [5.74, 6) is -1.94. The molecule has 3 atom stereocenters. The van der Waals surface area contributed by atoms with E-state index in [-0.39, 0.29) is 5.91 Å². The number of nitrogens with zero attached hydrogens (tertiary/aromatic N) is 1. The van der Waals surface area contributed by atoms with Gasteiger partial charge in [0.25, 0.3) is 0 Å². The predicted molar refractivity (Wildman–Crippen MR) is 91.8 cm³/mol. The summed E-state index contributed by atoms with van der Waals surface area (Å²) in [5.41, 5.74) is 1.63. The van der Waals surface area contributed by atoms with Gasteiger partial charge in [-0.3, -0.25) is 9.59 Å². The number of fused-ring (bicyclic) bond motifs is 1. The maximum absolute atomic E-state index is 12.6. The number of anilines is 1. The molecule has 1 aromatic heterocycles. The number of nitriles is 1. The third kappa shape index (κ3) is 3.09. The van der Waals surface area contributed by atoms with Gasteiger partial charge in [-0.1, -0.05) is 19.1 Å². The molecule has 0 aliphatic heterocycles. The van der Waals surface area contributed by atoms with Gasteiger partial charge in [0.05, 0.1) is 17.4 Å². The van der Waals surface area contributed by atoms with Crippen molar-refractivity contribution < 1.29 is 14.7 Å². The number of carboxylic acid groups (broad SMARTS) is 1. The summed E-state index contributed by atoms with van der Waals surface area (Å²) in [5, 5.41) is 22.2. The van der Waals surface area contributed by atoms with Gasteiger partial charge in [0, 0.05) is 4.88 Å². The van der Waals surface area contributed by atoms with Crippen LogP contribution in [0.2, 0.25) is 0 Å². The van der Waals surface area contributed by atoms with Crippen LogP contribution in [0.5, 0.6) is 0 Å². The molecule has 6 heteroatoms. The molecule has 3 unspecified atom stereocenters. The third-order valence-electron chi connectivity index (χ3n) is 4.95. The SMILES string of the molecule is CC1CCc2c(sc(NC(=O)C3CC=CCC3C(=O)O)c2C#N)C1. The van der Waals surface area contributed by atoms with E-state index < -0.39 is 17.8 Å². The Morgan fingerprint density at radius 2 is 2.04 bits per heavy atom. The minimum atomic E-state index is -0.945. The molecule has 0 aromatic carbocycles. The zero-order valence-corrected chi connectivity index (χ0v) is 14.4. The van der Waals surface area contributed by atoms with Crippen LogP contribution in [-0.4, -0.2) is 17.0 Å². The molecular formula is C18H20N2O3S. The number of carboxylic acids is 1. The van der Waals surface area contributed by atoms with Gasteiger partial charge in [0.1, 0.15) is 11.1 Å². The minimum Gasteiger partial charge on any atom is -0.481 e. The predicted octanol–water partition coefficient (Wildman–Crippen LogP) is 3.35. The monoisotopic (exact) mass is 344 g/mol. The van der Waals surface area contributed by atoms with E-state index in [4.69, 9.17) is 0 Å². The highest BCUT2D eigenvalue weighted by Crippen LogP contribution is 2.39. The first-order chi connectivity index (χ1) is 11.5. The molecule has 24 heavy (non-hydrogen) atoms. The first-order valence-electron chi connectivity index (χ1n) is 8.24. The largest absolute Gasteiger partial charge is 0.481 e. The Bertz CT molecular complexity index is 744. The number of thiophene rings is 1. The van der Waals surface area contributed by atoms with Crippen molar-refractivity contribution in [3.63, 3.8) is 0 Å². The number of hydrogen-bond acceptors (Lipinski definition) is 4. The average molecular weight is 344 g/mol. The number of nitrogens with one attached hydrogen (secondary N) is 1. The van der Waals surface area contributed by atoms with Gasteiger partial charge in [0.2, 0.25) is 5.91 Å². The van der Waals surface area contributed by atoms with E-state index in [2.05, 4.69) is 18.3 Å². The maximum atomic E-state index is 12.6. The lowest BCUT2D eigenvalue weighted by Crippen LogP contribution is -2.34. The minimum absolute atomic E-state index is 0.296. The van der Waals surface area contributed by atoms with Crippen molar-refractivity contribution >= 4 is 28.2 Å². The highest BCUT2D eigenvalue weighted by atomic mass is 32.1. The highest BCUT2D eigenvalue weighted by Gasteiger charge is 2.35. The zero-order chi connectivity index (χ0) is 17.3. The van der Waals surface area contributed by atoms with E-state index in [0.717, 1.165) is 24.8 Å². The number of rotatable bonds is 3. The summed E-state index contributed by atoms with van der Waals surface area (Å²) in [4.78, 5) is 25.2. The first kappa shape index (κ1) is 16.7. The van der Waals surface area contributed by atoms with Crippen molar-refractivity contribution in [1.82, 2.24) is 0 Å². The molecule has 126 valence electrons. The molecule has 3 rings (SSSR count). The Balaban J connectivity index is 1.83. The summed E-state index contributed by atoms with van der Waals surface area (Å²) in [6, 6.07) is 2.23. The number of carbonyl (C=O) groups is 2. The maximum Gasteiger partial charge on any atom is 0.307 e. The fraction of sp³-hybridized carbons (Fsp3) is 0.500. The van der Waals surface area contributed by atoms with Crippen molar-refractivity contribution in [1.29, 1.82) is 5.26 Å². The molecule has 5 nitrogen and oxygen atoms in total. The molecule has 0 saturated carbocycles. The van der Waals surface area contributed by atoms with E-state index in [0.29, 0.717) is 29.3 Å². The van der Waals surface area contributed by atoms with Gasteiger partial charge in [-0.2, -0.15) is 5.26 Å². The molecular weight excluding hydrogens is 324 g/mol. The third-order valence-corrected chi connectivity index (χ3v) is 6.12. The lowest BCUT2D eigenvalue weighted by atomic mass is 9.82. The topological polar surface area (TPSA) is 90.2 Å². The summed E-state index contributed by atoms with van der Waals surface area (Å²) < 4.78 is 0. The average Bonchev–Trinajstić information content (AvgIpc) is 2.90. The second kappa shape index (κ2) is 6.78. The fourth-order valence-electron chi connectivity index (χ4n) is 3.54. The van der Waals surface area contributed by atoms with Crippen LogP contribution in [0.1, 0.15) is 42.2 Å². The molecule has 0 fully saturated rings. The molecule has 2 N–H and O–H groups in total. The van der Waals surface area contributed by atoms with Crippen molar-refractivity contribution in [3.8, 4) is 6.07 Å². The van der Waals surface area contributed by atoms with Crippen LogP contribution < -0.4 is 5.32 Å². The molecule has 2 aliphatic carbocycles. The number of aliphatic carboxylic acids is 1. The number of allylic oxidation sites excluding steroid dienone is 2. The van der Waals surface area contributed by atoms with E-state index >= 15 is 0 Å². The van der Waals surface area contributed by atoms with Crippen LogP contribution in [0, 0.1) is 29.1 Å². The number of carbonyl (C=O) groups excluding carboxylic acids is 1. The van der Waals surface area contributed by atoms with E-state index in [1.165, 1.54) is 16.2 Å². The van der Waals surface area contributed by atoms with Gasteiger partial charge in [0.15, 0.2) is 0 Å². The van der Waals surface area contributed by atoms with Crippen molar-refractivity contribution in [3.05, 3.63) is 28.2 Å². The van der Waals surface area contributed by atoms with E-state index in [1.807, 2.05) is 12.2 Å². The zero-order valence-electron chi connectivity index (χ0n) is 13.5. The normalized spacial score (nSPS) is 25.6. The van der Waals surface area contributed by atoms with Gasteiger partial charge < -0.3 is 10.4 Å². The van der Waals surface area contributed by atoms with Gasteiger partial charge in [-0.05, 0) is 43.6 Å². The summed E-state index contributed by atoms with van der Waals surface area (Å²) in [6.07, 6.45) is 7.33. The van der Waals surface area contributed by atoms with Crippen molar-refractivity contribution in [2.45, 2.75) is 39.0 Å². The molecule has 0 saturated heterocycles. The smallest absolute Gasteiger partial charge is 0.307 e. The standard InChI is InChI=1S/C18H20N2O3S/c1-10-6-7-11-14(9-19)17(24-15(11)8-10)20-16(21)12-4-2-3-5-13(12)18(22)23/h2-3,10,12-13H,4-8H2,1H3,(H,20,21)(H,22,23). The number of hydrogen-bond donors (Lipinski definition) is 2. The van der Waals surface area contributed by atoms with E-state index in [1.54, 1.807) is 0 Å². The summed E-state index contributed by atoms with van der Waals surface area (Å²) in [6.45, 7) is 2.19. The highest BCUT2D eigenvalue weighted by molar-refractivity contribution is 7.16. The lowest BCUT2D eigenvalue weighted by molar-refractivity contribution is -0.146. The quantitative estimate of drug-likeness (QED) is 0.823. The van der Waals surface area contributed by atoms with Crippen LogP contribution in [0.4, 0.5) is 5.00 Å². The first-order valence-corrected chi connectivity index (χ1v) is 9.06. The summed E-state index contributed by atoms with van der Waals surface area (Å²) >= 11 is 1.47. The molecule has 1 heterocycles. The van der Waals surface area contributed by atoms with E-state index in [9.17, 15) is 20.0 Å². The Labute approximate surface area is 145 Å². The van der Waals surface area contributed by atoms with Gasteiger partial charge >= 0.3 is 5.97 Å². The van der Waals surface area contributed by atoms with Crippen LogP contribution in [0.15, 0.2) is 12.2 Å². The molecule has 0 bridgehead atoms. The Hall–Kier alpha value is -2.13. The molecule has 1 aromatic rings. The molecule has 2 aliphatic rings. The lowest BCUT2D eigenvalue weighted by Gasteiger charge is -2.23. The fourth-order valence-corrected chi connectivity index (χ4v) is 4.90. The van der Waals surface area contributed by atoms with Crippen LogP contribution in [0.25, 0.3) is 0 Å². The van der Waals surface area contributed by atoms with Gasteiger partial charge in [-0.15, -0.1) is 11.3 Å². The Morgan fingerprint density at radius 3 is 2.71 bits per heavy atom. The second-order valence-electron chi connectivity index (χ2n) is 6.65.